The lowest BCUT2D eigenvalue weighted by atomic mass is 10.2. The summed E-state index contributed by atoms with van der Waals surface area (Å²) < 4.78 is 10.0. The molecule has 5 nitrogen and oxygen atoms in total. The number of hydrogen-bond donors (Lipinski definition) is 0. The number of hydrogen-bond acceptors (Lipinski definition) is 4. The van der Waals surface area contributed by atoms with E-state index in [0.29, 0.717) is 31.2 Å². The molecule has 0 aliphatic heterocycles. The summed E-state index contributed by atoms with van der Waals surface area (Å²) in [5, 5.41) is 3.78. The van der Waals surface area contributed by atoms with E-state index >= 15 is 0 Å². The standard InChI is InChI=1S/C15H18N2O3/c1-12-10-14(16-20-12)15(18)17(8-9-19-2)11-13-6-4-3-5-7-13/h3-7,10H,8-9,11H2,1-2H3. The minimum atomic E-state index is -0.150. The van der Waals surface area contributed by atoms with E-state index in [1.54, 1.807) is 25.0 Å². The van der Waals surface area contributed by atoms with Crippen molar-refractivity contribution in [2.45, 2.75) is 13.5 Å². The molecule has 0 bridgehead atoms. The maximum atomic E-state index is 12.4. The van der Waals surface area contributed by atoms with Gasteiger partial charge in [0, 0.05) is 26.3 Å². The molecule has 0 radical (unpaired) electrons. The van der Waals surface area contributed by atoms with Gasteiger partial charge in [-0.3, -0.25) is 4.79 Å². The molecule has 1 heterocycles. The van der Waals surface area contributed by atoms with Gasteiger partial charge in [0.25, 0.3) is 5.91 Å². The van der Waals surface area contributed by atoms with Gasteiger partial charge in [0.15, 0.2) is 5.69 Å². The second-order valence-corrected chi connectivity index (χ2v) is 4.53. The van der Waals surface area contributed by atoms with Crippen molar-refractivity contribution in [3.05, 3.63) is 53.4 Å². The van der Waals surface area contributed by atoms with Crippen LogP contribution in [0.15, 0.2) is 40.9 Å². The van der Waals surface area contributed by atoms with Crippen LogP contribution in [-0.4, -0.2) is 36.2 Å². The van der Waals surface area contributed by atoms with Crippen LogP contribution in [0.5, 0.6) is 0 Å². The fourth-order valence-electron chi connectivity index (χ4n) is 1.89. The van der Waals surface area contributed by atoms with Gasteiger partial charge in [-0.05, 0) is 12.5 Å². The Balaban J connectivity index is 2.12. The van der Waals surface area contributed by atoms with Crippen LogP contribution in [0.2, 0.25) is 0 Å². The highest BCUT2D eigenvalue weighted by molar-refractivity contribution is 5.92. The van der Waals surface area contributed by atoms with Crippen LogP contribution in [0.4, 0.5) is 0 Å². The molecule has 0 saturated carbocycles. The summed E-state index contributed by atoms with van der Waals surface area (Å²) in [6, 6.07) is 11.5. The molecule has 0 fully saturated rings. The first-order valence-electron chi connectivity index (χ1n) is 6.46. The Hall–Kier alpha value is -2.14. The average Bonchev–Trinajstić information content (AvgIpc) is 2.90. The third kappa shape index (κ3) is 3.68. The van der Waals surface area contributed by atoms with Crippen molar-refractivity contribution >= 4 is 5.91 Å². The number of methoxy groups -OCH3 is 1. The van der Waals surface area contributed by atoms with E-state index in [-0.39, 0.29) is 5.91 Å². The van der Waals surface area contributed by atoms with E-state index in [1.165, 1.54) is 0 Å². The summed E-state index contributed by atoms with van der Waals surface area (Å²) >= 11 is 0. The molecule has 0 unspecified atom stereocenters. The summed E-state index contributed by atoms with van der Waals surface area (Å²) in [7, 11) is 1.62. The van der Waals surface area contributed by atoms with Gasteiger partial charge in [0.2, 0.25) is 0 Å². The molecule has 0 aliphatic carbocycles. The normalized spacial score (nSPS) is 10.5. The number of amides is 1. The smallest absolute Gasteiger partial charge is 0.276 e. The monoisotopic (exact) mass is 274 g/mol. The quantitative estimate of drug-likeness (QED) is 0.811. The fraction of sp³-hybridized carbons (Fsp3) is 0.333. The zero-order valence-corrected chi connectivity index (χ0v) is 11.7. The number of ether oxygens (including phenoxy) is 1. The van der Waals surface area contributed by atoms with Crippen LogP contribution in [0.25, 0.3) is 0 Å². The molecule has 0 saturated heterocycles. The van der Waals surface area contributed by atoms with Gasteiger partial charge >= 0.3 is 0 Å². The molecule has 0 N–H and O–H groups in total. The number of nitrogens with zero attached hydrogens (tertiary/aromatic N) is 2. The molecule has 2 rings (SSSR count). The van der Waals surface area contributed by atoms with Crippen molar-refractivity contribution < 1.29 is 14.1 Å². The Morgan fingerprint density at radius 3 is 2.70 bits per heavy atom. The van der Waals surface area contributed by atoms with E-state index in [2.05, 4.69) is 5.16 Å². The maximum Gasteiger partial charge on any atom is 0.276 e. The van der Waals surface area contributed by atoms with Crippen molar-refractivity contribution in [3.8, 4) is 0 Å². The van der Waals surface area contributed by atoms with Crippen molar-refractivity contribution in [1.29, 1.82) is 0 Å². The Bertz CT molecular complexity index is 551. The second-order valence-electron chi connectivity index (χ2n) is 4.53. The van der Waals surface area contributed by atoms with Gasteiger partial charge in [0.05, 0.1) is 6.61 Å². The van der Waals surface area contributed by atoms with Crippen LogP contribution in [-0.2, 0) is 11.3 Å². The molecule has 106 valence electrons. The first-order chi connectivity index (χ1) is 9.70. The lowest BCUT2D eigenvalue weighted by Gasteiger charge is -2.21. The zero-order chi connectivity index (χ0) is 14.4. The Kier molecular flexibility index (Phi) is 4.90. The van der Waals surface area contributed by atoms with Crippen LogP contribution >= 0.6 is 0 Å². The first kappa shape index (κ1) is 14.3. The summed E-state index contributed by atoms with van der Waals surface area (Å²) in [5.41, 5.74) is 1.40. The van der Waals surface area contributed by atoms with Crippen molar-refractivity contribution in [1.82, 2.24) is 10.1 Å². The third-order valence-corrected chi connectivity index (χ3v) is 2.92. The Morgan fingerprint density at radius 1 is 1.35 bits per heavy atom. The average molecular weight is 274 g/mol. The van der Waals surface area contributed by atoms with Crippen molar-refractivity contribution in [2.75, 3.05) is 20.3 Å². The van der Waals surface area contributed by atoms with E-state index in [4.69, 9.17) is 9.26 Å². The highest BCUT2D eigenvalue weighted by atomic mass is 16.5. The number of rotatable bonds is 6. The number of benzene rings is 1. The predicted molar refractivity (Wildman–Crippen MR) is 74.3 cm³/mol. The number of aryl methyl sites for hydroxylation is 1. The Morgan fingerprint density at radius 2 is 2.10 bits per heavy atom. The summed E-state index contributed by atoms with van der Waals surface area (Å²) in [5.74, 6) is 0.475. The predicted octanol–water partition coefficient (Wildman–Crippen LogP) is 2.27. The second kappa shape index (κ2) is 6.86. The number of carbonyl (C=O) groups excluding carboxylic acids is 1. The maximum absolute atomic E-state index is 12.4. The molecular weight excluding hydrogens is 256 g/mol. The third-order valence-electron chi connectivity index (χ3n) is 2.92. The topological polar surface area (TPSA) is 55.6 Å². The van der Waals surface area contributed by atoms with Crippen LogP contribution in [0, 0.1) is 6.92 Å². The van der Waals surface area contributed by atoms with Gasteiger partial charge in [-0.25, -0.2) is 0 Å². The molecule has 20 heavy (non-hydrogen) atoms. The molecular formula is C15H18N2O3. The van der Waals surface area contributed by atoms with E-state index in [9.17, 15) is 4.79 Å². The molecule has 0 spiro atoms. The van der Waals surface area contributed by atoms with Crippen LogP contribution < -0.4 is 0 Å². The summed E-state index contributed by atoms with van der Waals surface area (Å²) in [6.45, 7) is 3.28. The minimum Gasteiger partial charge on any atom is -0.383 e. The molecule has 0 aliphatic rings. The number of carbonyl (C=O) groups is 1. The van der Waals surface area contributed by atoms with Crippen molar-refractivity contribution in [2.24, 2.45) is 0 Å². The van der Waals surface area contributed by atoms with Crippen LogP contribution in [0.3, 0.4) is 0 Å². The van der Waals surface area contributed by atoms with Crippen LogP contribution in [0.1, 0.15) is 21.8 Å². The van der Waals surface area contributed by atoms with Gasteiger partial charge in [-0.2, -0.15) is 0 Å². The molecule has 1 amide bonds. The first-order valence-corrected chi connectivity index (χ1v) is 6.46. The van der Waals surface area contributed by atoms with E-state index in [1.807, 2.05) is 30.3 Å². The van der Waals surface area contributed by atoms with E-state index in [0.717, 1.165) is 5.56 Å². The fourth-order valence-corrected chi connectivity index (χ4v) is 1.89. The van der Waals surface area contributed by atoms with Gasteiger partial charge in [0.1, 0.15) is 5.76 Å². The highest BCUT2D eigenvalue weighted by Gasteiger charge is 2.19. The molecule has 0 atom stereocenters. The SMILES string of the molecule is COCCN(Cc1ccccc1)C(=O)c1cc(C)on1. The minimum absolute atomic E-state index is 0.150. The highest BCUT2D eigenvalue weighted by Crippen LogP contribution is 2.10. The zero-order valence-electron chi connectivity index (χ0n) is 11.7. The molecule has 5 heteroatoms. The largest absolute Gasteiger partial charge is 0.383 e. The van der Waals surface area contributed by atoms with Gasteiger partial charge in [-0.1, -0.05) is 35.5 Å². The van der Waals surface area contributed by atoms with E-state index < -0.39 is 0 Å². The molecule has 2 aromatic rings. The Labute approximate surface area is 118 Å². The van der Waals surface area contributed by atoms with Crippen molar-refractivity contribution in [3.63, 3.8) is 0 Å². The summed E-state index contributed by atoms with van der Waals surface area (Å²) in [6.07, 6.45) is 0. The lowest BCUT2D eigenvalue weighted by Crippen LogP contribution is -2.33. The van der Waals surface area contributed by atoms with Gasteiger partial charge < -0.3 is 14.2 Å². The lowest BCUT2D eigenvalue weighted by molar-refractivity contribution is 0.0670. The summed E-state index contributed by atoms with van der Waals surface area (Å²) in [4.78, 5) is 14.1. The number of aromatic nitrogens is 1. The molecule has 1 aromatic carbocycles. The van der Waals surface area contributed by atoms with Gasteiger partial charge in [-0.15, -0.1) is 0 Å². The molecule has 1 aromatic heterocycles.